The van der Waals surface area contributed by atoms with E-state index in [2.05, 4.69) is 0 Å². The maximum Gasteiger partial charge on any atom is 0.337 e. The molecule has 0 saturated heterocycles. The number of pyridine rings is 1. The largest absolute Gasteiger partial charge is 0.478 e. The zero-order chi connectivity index (χ0) is 12.0. The minimum Gasteiger partial charge on any atom is -0.478 e. The molecule has 1 heterocycles. The number of carboxylic acids is 1. The lowest BCUT2D eigenvalue weighted by Crippen LogP contribution is -2.20. The lowest BCUT2D eigenvalue weighted by atomic mass is 10.2. The number of rotatable bonds is 6. The number of aromatic nitrogens is 1. The second-order valence-corrected chi connectivity index (χ2v) is 4.44. The minimum absolute atomic E-state index is 0.144. The predicted octanol–water partition coefficient (Wildman–Crippen LogP) is 1.69. The van der Waals surface area contributed by atoms with Gasteiger partial charge in [-0.15, -0.1) is 0 Å². The molecule has 16 heavy (non-hydrogen) atoms. The fourth-order valence-corrected chi connectivity index (χ4v) is 1.85. The second kappa shape index (κ2) is 6.37. The van der Waals surface area contributed by atoms with Crippen LogP contribution in [0.2, 0.25) is 0 Å². The molecule has 0 spiro atoms. The quantitative estimate of drug-likeness (QED) is 0.770. The monoisotopic (exact) mass is 241 g/mol. The molecule has 1 aromatic heterocycles. The van der Waals surface area contributed by atoms with E-state index in [1.54, 1.807) is 11.8 Å². The first-order valence-corrected chi connectivity index (χ1v) is 6.47. The number of thioether (sulfide) groups is 1. The summed E-state index contributed by atoms with van der Waals surface area (Å²) in [6.45, 7) is 0.584. The smallest absolute Gasteiger partial charge is 0.337 e. The number of carboxylic acid groups (broad SMARTS) is 1. The van der Waals surface area contributed by atoms with E-state index in [4.69, 9.17) is 5.11 Å². The van der Waals surface area contributed by atoms with Gasteiger partial charge in [0.2, 0.25) is 0 Å². The molecule has 88 valence electrons. The fraction of sp³-hybridized carbons (Fsp3) is 0.455. The summed E-state index contributed by atoms with van der Waals surface area (Å²) in [5.41, 5.74) is 0.0126. The molecule has 1 aromatic rings. The molecule has 0 fully saturated rings. The van der Waals surface area contributed by atoms with Gasteiger partial charge in [-0.05, 0) is 30.9 Å². The van der Waals surface area contributed by atoms with E-state index < -0.39 is 5.97 Å². The molecule has 1 N–H and O–H groups in total. The zero-order valence-electron chi connectivity index (χ0n) is 9.18. The molecule has 0 aliphatic carbocycles. The van der Waals surface area contributed by atoms with Gasteiger partial charge in [0.05, 0.1) is 5.56 Å². The van der Waals surface area contributed by atoms with Gasteiger partial charge >= 0.3 is 5.97 Å². The van der Waals surface area contributed by atoms with Crippen LogP contribution in [-0.4, -0.2) is 27.7 Å². The highest BCUT2D eigenvalue weighted by molar-refractivity contribution is 7.98. The van der Waals surface area contributed by atoms with Gasteiger partial charge in [-0.25, -0.2) is 4.79 Å². The molecule has 0 aliphatic rings. The van der Waals surface area contributed by atoms with Gasteiger partial charge in [0.15, 0.2) is 0 Å². The van der Waals surface area contributed by atoms with Gasteiger partial charge in [0, 0.05) is 18.8 Å². The Bertz CT molecular complexity index is 414. The average molecular weight is 241 g/mol. The summed E-state index contributed by atoms with van der Waals surface area (Å²) in [6.07, 6.45) is 5.37. The highest BCUT2D eigenvalue weighted by atomic mass is 32.2. The summed E-state index contributed by atoms with van der Waals surface area (Å²) < 4.78 is 1.46. The van der Waals surface area contributed by atoms with Crippen LogP contribution in [0.15, 0.2) is 23.1 Å². The van der Waals surface area contributed by atoms with Gasteiger partial charge in [-0.3, -0.25) is 4.79 Å². The summed E-state index contributed by atoms with van der Waals surface area (Å²) in [4.78, 5) is 22.1. The summed E-state index contributed by atoms with van der Waals surface area (Å²) in [6, 6.07) is 2.64. The van der Waals surface area contributed by atoms with Crippen LogP contribution in [-0.2, 0) is 6.54 Å². The first-order chi connectivity index (χ1) is 7.65. The van der Waals surface area contributed by atoms with E-state index in [9.17, 15) is 9.59 Å². The Balaban J connectivity index is 2.67. The molecular weight excluding hydrogens is 226 g/mol. The van der Waals surface area contributed by atoms with E-state index in [1.165, 1.54) is 22.9 Å². The van der Waals surface area contributed by atoms with Crippen molar-refractivity contribution in [2.24, 2.45) is 0 Å². The molecule has 0 amide bonds. The lowest BCUT2D eigenvalue weighted by molar-refractivity contribution is 0.0696. The second-order valence-electron chi connectivity index (χ2n) is 3.45. The Labute approximate surface area is 98.3 Å². The van der Waals surface area contributed by atoms with E-state index in [0.717, 1.165) is 18.6 Å². The number of nitrogens with zero attached hydrogens (tertiary/aromatic N) is 1. The van der Waals surface area contributed by atoms with Crippen LogP contribution in [0, 0.1) is 0 Å². The van der Waals surface area contributed by atoms with Crippen LogP contribution < -0.4 is 5.56 Å². The van der Waals surface area contributed by atoms with Crippen LogP contribution in [0.25, 0.3) is 0 Å². The third kappa shape index (κ3) is 3.73. The van der Waals surface area contributed by atoms with Crippen molar-refractivity contribution >= 4 is 17.7 Å². The SMILES string of the molecule is CSCCCCn1cc(C(=O)O)ccc1=O. The van der Waals surface area contributed by atoms with Crippen LogP contribution in [0.1, 0.15) is 23.2 Å². The maximum atomic E-state index is 11.4. The summed E-state index contributed by atoms with van der Waals surface area (Å²) in [7, 11) is 0. The molecule has 1 rings (SSSR count). The van der Waals surface area contributed by atoms with E-state index in [0.29, 0.717) is 6.54 Å². The van der Waals surface area contributed by atoms with E-state index in [-0.39, 0.29) is 11.1 Å². The Morgan fingerprint density at radius 2 is 2.19 bits per heavy atom. The molecule has 4 nitrogen and oxygen atoms in total. The standard InChI is InChI=1S/C11H15NO3S/c1-16-7-3-2-6-12-8-9(11(14)15)4-5-10(12)13/h4-5,8H,2-3,6-7H2,1H3,(H,14,15). The molecule has 0 radical (unpaired) electrons. The first kappa shape index (κ1) is 12.8. The van der Waals surface area contributed by atoms with Crippen molar-refractivity contribution in [2.45, 2.75) is 19.4 Å². The molecule has 0 unspecified atom stereocenters. The number of hydrogen-bond acceptors (Lipinski definition) is 3. The van der Waals surface area contributed by atoms with Gasteiger partial charge in [-0.2, -0.15) is 11.8 Å². The highest BCUT2D eigenvalue weighted by Crippen LogP contribution is 2.02. The summed E-state index contributed by atoms with van der Waals surface area (Å²) in [5.74, 6) is 0.0609. The molecule has 0 saturated carbocycles. The number of aromatic carboxylic acids is 1. The maximum absolute atomic E-state index is 11.4. The lowest BCUT2D eigenvalue weighted by Gasteiger charge is -2.05. The fourth-order valence-electron chi connectivity index (χ4n) is 1.36. The molecule has 5 heteroatoms. The molecule has 0 aromatic carbocycles. The Morgan fingerprint density at radius 3 is 2.81 bits per heavy atom. The predicted molar refractivity (Wildman–Crippen MR) is 65.3 cm³/mol. The van der Waals surface area contributed by atoms with Crippen molar-refractivity contribution < 1.29 is 9.90 Å². The number of unbranched alkanes of at least 4 members (excludes halogenated alkanes) is 1. The topological polar surface area (TPSA) is 59.3 Å². The van der Waals surface area contributed by atoms with Crippen molar-refractivity contribution in [3.8, 4) is 0 Å². The average Bonchev–Trinajstić information content (AvgIpc) is 2.26. The minimum atomic E-state index is -1.00. The van der Waals surface area contributed by atoms with Crippen LogP contribution in [0.4, 0.5) is 0 Å². The van der Waals surface area contributed by atoms with Crippen LogP contribution >= 0.6 is 11.8 Å². The first-order valence-electron chi connectivity index (χ1n) is 5.08. The van der Waals surface area contributed by atoms with Crippen molar-refractivity contribution in [3.05, 3.63) is 34.2 Å². The normalized spacial score (nSPS) is 10.3. The van der Waals surface area contributed by atoms with Gasteiger partial charge in [0.1, 0.15) is 0 Å². The summed E-state index contributed by atoms with van der Waals surface area (Å²) in [5, 5.41) is 8.79. The third-order valence-corrected chi connectivity index (χ3v) is 2.92. The van der Waals surface area contributed by atoms with Gasteiger partial charge < -0.3 is 9.67 Å². The number of aryl methyl sites for hydroxylation is 1. The van der Waals surface area contributed by atoms with Crippen molar-refractivity contribution in [1.29, 1.82) is 0 Å². The van der Waals surface area contributed by atoms with Gasteiger partial charge in [0.25, 0.3) is 5.56 Å². The molecular formula is C11H15NO3S. The van der Waals surface area contributed by atoms with Crippen LogP contribution in [0.5, 0.6) is 0 Å². The molecule has 0 atom stereocenters. The van der Waals surface area contributed by atoms with Crippen molar-refractivity contribution in [1.82, 2.24) is 4.57 Å². The zero-order valence-corrected chi connectivity index (χ0v) is 10.00. The highest BCUT2D eigenvalue weighted by Gasteiger charge is 2.04. The number of hydrogen-bond donors (Lipinski definition) is 1. The summed E-state index contributed by atoms with van der Waals surface area (Å²) >= 11 is 1.77. The van der Waals surface area contributed by atoms with Crippen molar-refractivity contribution in [2.75, 3.05) is 12.0 Å². The Hall–Kier alpha value is -1.23. The molecule has 0 bridgehead atoms. The van der Waals surface area contributed by atoms with E-state index in [1.807, 2.05) is 6.26 Å². The van der Waals surface area contributed by atoms with Gasteiger partial charge in [-0.1, -0.05) is 0 Å². The molecule has 0 aliphatic heterocycles. The third-order valence-electron chi connectivity index (χ3n) is 2.23. The van der Waals surface area contributed by atoms with Crippen molar-refractivity contribution in [3.63, 3.8) is 0 Å². The Morgan fingerprint density at radius 1 is 1.44 bits per heavy atom. The van der Waals surface area contributed by atoms with E-state index >= 15 is 0 Å². The van der Waals surface area contributed by atoms with Crippen LogP contribution in [0.3, 0.4) is 0 Å². The number of carbonyl (C=O) groups is 1. The Kier molecular flexibility index (Phi) is 5.11.